The summed E-state index contributed by atoms with van der Waals surface area (Å²) in [4.78, 5) is 17.7. The lowest BCUT2D eigenvalue weighted by Gasteiger charge is -2.20. The summed E-state index contributed by atoms with van der Waals surface area (Å²) in [6.45, 7) is 10.4. The van der Waals surface area contributed by atoms with E-state index in [2.05, 4.69) is 31.0 Å². The standard InChI is InChI=1S/C31H33N4O4PS/c1-19-7-12-26(20(2)15-19)40(38,39-6)34-25-16-27(41-29(25)30(36)37)22-10-8-21(9-11-22)24-17-28-32-23(18-31(3,4)5)13-14-35(28)33-24/h7-17H,18H2,1-6H3,(H,34,38)(H,36,37). The van der Waals surface area contributed by atoms with Gasteiger partial charge in [-0.2, -0.15) is 5.10 Å². The first-order valence-corrected chi connectivity index (χ1v) is 15.6. The Morgan fingerprint density at radius 1 is 1.05 bits per heavy atom. The Kier molecular flexibility index (Phi) is 7.64. The van der Waals surface area contributed by atoms with Crippen molar-refractivity contribution in [3.05, 3.63) is 88.6 Å². The fraction of sp³-hybridized carbons (Fsp3) is 0.258. The van der Waals surface area contributed by atoms with Crippen molar-refractivity contribution < 1.29 is 19.0 Å². The molecule has 8 nitrogen and oxygen atoms in total. The molecular weight excluding hydrogens is 555 g/mol. The molecule has 2 aromatic carbocycles. The summed E-state index contributed by atoms with van der Waals surface area (Å²) in [5.74, 6) is -1.10. The normalized spacial score (nSPS) is 13.3. The van der Waals surface area contributed by atoms with Crippen LogP contribution in [0.1, 0.15) is 47.3 Å². The van der Waals surface area contributed by atoms with Crippen LogP contribution < -0.4 is 10.4 Å². The number of thiophene rings is 1. The maximum atomic E-state index is 13.8. The number of carboxylic acid groups (broad SMARTS) is 1. The Morgan fingerprint density at radius 2 is 1.76 bits per heavy atom. The van der Waals surface area contributed by atoms with Gasteiger partial charge in [-0.3, -0.25) is 4.57 Å². The van der Waals surface area contributed by atoms with Gasteiger partial charge in [0.1, 0.15) is 4.88 Å². The van der Waals surface area contributed by atoms with E-state index < -0.39 is 13.5 Å². The molecule has 0 fully saturated rings. The molecule has 1 atom stereocenters. The number of hydrogen-bond acceptors (Lipinski definition) is 6. The highest BCUT2D eigenvalue weighted by molar-refractivity contribution is 7.68. The number of nitrogens with zero attached hydrogens (tertiary/aromatic N) is 3. The Labute approximate surface area is 243 Å². The fourth-order valence-electron chi connectivity index (χ4n) is 4.78. The molecule has 0 aliphatic heterocycles. The van der Waals surface area contributed by atoms with Crippen molar-refractivity contribution in [3.8, 4) is 21.7 Å². The fourth-order valence-corrected chi connectivity index (χ4v) is 7.52. The first kappa shape index (κ1) is 28.7. The topological polar surface area (TPSA) is 106 Å². The second-order valence-electron chi connectivity index (χ2n) is 11.4. The molecule has 0 aliphatic rings. The number of aromatic nitrogens is 3. The lowest BCUT2D eigenvalue weighted by atomic mass is 9.90. The van der Waals surface area contributed by atoms with E-state index in [1.165, 1.54) is 7.11 Å². The van der Waals surface area contributed by atoms with E-state index in [0.29, 0.717) is 5.30 Å². The number of rotatable bonds is 8. The number of aryl methyl sites for hydroxylation is 2. The number of nitrogens with one attached hydrogen (secondary N) is 1. The van der Waals surface area contributed by atoms with Gasteiger partial charge in [0, 0.05) is 35.5 Å². The van der Waals surface area contributed by atoms with Crippen LogP contribution in [0.15, 0.2) is 66.9 Å². The van der Waals surface area contributed by atoms with E-state index >= 15 is 0 Å². The molecule has 0 saturated heterocycles. The van der Waals surface area contributed by atoms with Crippen molar-refractivity contribution in [2.75, 3.05) is 12.2 Å². The van der Waals surface area contributed by atoms with Gasteiger partial charge in [-0.15, -0.1) is 11.3 Å². The average Bonchev–Trinajstić information content (AvgIpc) is 3.52. The van der Waals surface area contributed by atoms with Crippen LogP contribution >= 0.6 is 18.9 Å². The zero-order valence-electron chi connectivity index (χ0n) is 23.9. The van der Waals surface area contributed by atoms with Crippen molar-refractivity contribution in [2.24, 2.45) is 5.41 Å². The minimum Gasteiger partial charge on any atom is -0.477 e. The van der Waals surface area contributed by atoms with Crippen molar-refractivity contribution in [1.29, 1.82) is 0 Å². The highest BCUT2D eigenvalue weighted by Crippen LogP contribution is 2.48. The Bertz CT molecular complexity index is 1800. The summed E-state index contributed by atoms with van der Waals surface area (Å²) in [6.07, 6.45) is 2.81. The highest BCUT2D eigenvalue weighted by Gasteiger charge is 2.30. The molecule has 0 radical (unpaired) electrons. The number of fused-ring (bicyclic) bond motifs is 1. The summed E-state index contributed by atoms with van der Waals surface area (Å²) < 4.78 is 21.1. The zero-order chi connectivity index (χ0) is 29.5. The third-order valence-electron chi connectivity index (χ3n) is 6.68. The molecular formula is C31H33N4O4PS. The van der Waals surface area contributed by atoms with Crippen LogP contribution in [0.5, 0.6) is 0 Å². The van der Waals surface area contributed by atoms with Crippen LogP contribution in [0.25, 0.3) is 27.3 Å². The van der Waals surface area contributed by atoms with Crippen molar-refractivity contribution >= 4 is 41.5 Å². The van der Waals surface area contributed by atoms with E-state index in [1.54, 1.807) is 16.6 Å². The average molecular weight is 589 g/mol. The van der Waals surface area contributed by atoms with E-state index in [1.807, 2.05) is 68.6 Å². The van der Waals surface area contributed by atoms with Crippen LogP contribution in [0.2, 0.25) is 0 Å². The summed E-state index contributed by atoms with van der Waals surface area (Å²) in [6, 6.07) is 19.0. The molecule has 3 aromatic heterocycles. The molecule has 3 heterocycles. The van der Waals surface area contributed by atoms with Crippen LogP contribution in [0, 0.1) is 19.3 Å². The predicted octanol–water partition coefficient (Wildman–Crippen LogP) is 7.61. The molecule has 0 saturated carbocycles. The molecule has 0 spiro atoms. The highest BCUT2D eigenvalue weighted by atomic mass is 32.1. The maximum Gasteiger partial charge on any atom is 0.348 e. The van der Waals surface area contributed by atoms with Crippen molar-refractivity contribution in [3.63, 3.8) is 0 Å². The van der Waals surface area contributed by atoms with E-state index in [9.17, 15) is 14.5 Å². The number of anilines is 1. The third kappa shape index (κ3) is 6.12. The SMILES string of the molecule is COP(=O)(Nc1cc(-c2ccc(-c3cc4nc(CC(C)(C)C)ccn4n3)cc2)sc1C(=O)O)c1ccc(C)cc1C. The Balaban J connectivity index is 1.43. The summed E-state index contributed by atoms with van der Waals surface area (Å²) in [5.41, 5.74) is 6.60. The summed E-state index contributed by atoms with van der Waals surface area (Å²) in [5, 5.41) is 18.0. The van der Waals surface area contributed by atoms with Gasteiger partial charge in [0.15, 0.2) is 5.65 Å². The van der Waals surface area contributed by atoms with Crippen LogP contribution in [-0.2, 0) is 15.5 Å². The van der Waals surface area contributed by atoms with Crippen molar-refractivity contribution in [1.82, 2.24) is 14.6 Å². The van der Waals surface area contributed by atoms with E-state index in [0.717, 1.165) is 61.9 Å². The van der Waals surface area contributed by atoms with Gasteiger partial charge in [-0.1, -0.05) is 62.7 Å². The number of aromatic carboxylic acids is 1. The number of hydrogen-bond donors (Lipinski definition) is 2. The zero-order valence-corrected chi connectivity index (χ0v) is 25.6. The van der Waals surface area contributed by atoms with Crippen molar-refractivity contribution in [2.45, 2.75) is 41.0 Å². The molecule has 41 heavy (non-hydrogen) atoms. The predicted molar refractivity (Wildman–Crippen MR) is 166 cm³/mol. The molecule has 212 valence electrons. The lowest BCUT2D eigenvalue weighted by Crippen LogP contribution is -2.17. The second-order valence-corrected chi connectivity index (χ2v) is 14.6. The van der Waals surface area contributed by atoms with Crippen LogP contribution in [0.3, 0.4) is 0 Å². The molecule has 0 amide bonds. The first-order valence-electron chi connectivity index (χ1n) is 13.2. The molecule has 5 rings (SSSR count). The molecule has 5 aromatic rings. The minimum absolute atomic E-state index is 0.0589. The third-order valence-corrected chi connectivity index (χ3v) is 10.0. The van der Waals surface area contributed by atoms with Gasteiger partial charge < -0.3 is 14.7 Å². The molecule has 10 heteroatoms. The minimum atomic E-state index is -3.58. The van der Waals surface area contributed by atoms with Gasteiger partial charge >= 0.3 is 13.5 Å². The number of carboxylic acids is 1. The van der Waals surface area contributed by atoms with Crippen LogP contribution in [-0.4, -0.2) is 32.8 Å². The maximum absolute atomic E-state index is 13.8. The number of benzene rings is 2. The molecule has 2 N–H and O–H groups in total. The van der Waals surface area contributed by atoms with Crippen LogP contribution in [0.4, 0.5) is 5.69 Å². The Morgan fingerprint density at radius 3 is 2.39 bits per heavy atom. The largest absolute Gasteiger partial charge is 0.477 e. The van der Waals surface area contributed by atoms with Gasteiger partial charge in [-0.05, 0) is 55.0 Å². The monoisotopic (exact) mass is 588 g/mol. The lowest BCUT2D eigenvalue weighted by molar-refractivity contribution is 0.0703. The van der Waals surface area contributed by atoms with E-state index in [4.69, 9.17) is 9.51 Å². The summed E-state index contributed by atoms with van der Waals surface area (Å²) in [7, 11) is -2.22. The quantitative estimate of drug-likeness (QED) is 0.180. The van der Waals surface area contributed by atoms with Gasteiger partial charge in [-0.25, -0.2) is 14.3 Å². The first-order chi connectivity index (χ1) is 19.3. The van der Waals surface area contributed by atoms with Gasteiger partial charge in [0.2, 0.25) is 0 Å². The summed E-state index contributed by atoms with van der Waals surface area (Å²) >= 11 is 1.12. The molecule has 0 aliphatic carbocycles. The molecule has 1 unspecified atom stereocenters. The van der Waals surface area contributed by atoms with Gasteiger partial charge in [0.05, 0.1) is 16.7 Å². The number of carbonyl (C=O) groups is 1. The second kappa shape index (κ2) is 10.9. The van der Waals surface area contributed by atoms with E-state index in [-0.39, 0.29) is 16.0 Å². The van der Waals surface area contributed by atoms with Gasteiger partial charge in [0.25, 0.3) is 0 Å². The Hall–Kier alpha value is -3.78. The molecule has 0 bridgehead atoms. The smallest absolute Gasteiger partial charge is 0.348 e.